The number of aryl methyl sites for hydroxylation is 1. The summed E-state index contributed by atoms with van der Waals surface area (Å²) in [6.45, 7) is 6.70. The lowest BCUT2D eigenvalue weighted by molar-refractivity contribution is -0.124. The first-order valence-electron chi connectivity index (χ1n) is 11.4. The lowest BCUT2D eigenvalue weighted by Gasteiger charge is -2.33. The molecule has 0 saturated carbocycles. The first kappa shape index (κ1) is 24.5. The third kappa shape index (κ3) is 5.12. The fourth-order valence-electron chi connectivity index (χ4n) is 4.57. The molecule has 1 saturated heterocycles. The molecule has 9 heteroatoms. The molecule has 2 aromatic rings. The Bertz CT molecular complexity index is 1090. The van der Waals surface area contributed by atoms with Crippen LogP contribution >= 0.6 is 0 Å². The van der Waals surface area contributed by atoms with E-state index in [9.17, 15) is 19.2 Å². The topological polar surface area (TPSA) is 103 Å². The van der Waals surface area contributed by atoms with Crippen molar-refractivity contribution >= 4 is 29.3 Å². The molecule has 3 rings (SSSR count). The number of imidazole rings is 1. The molecular formula is C24H34N4O5. The Labute approximate surface area is 193 Å². The van der Waals surface area contributed by atoms with E-state index in [1.807, 2.05) is 39.0 Å². The van der Waals surface area contributed by atoms with Crippen LogP contribution in [0.2, 0.25) is 0 Å². The Morgan fingerprint density at radius 3 is 2.48 bits per heavy atom. The van der Waals surface area contributed by atoms with Gasteiger partial charge in [-0.3, -0.25) is 13.9 Å². The van der Waals surface area contributed by atoms with Crippen LogP contribution in [0.1, 0.15) is 64.0 Å². The number of nitrogens with zero attached hydrogens (tertiary/aromatic N) is 3. The molecule has 0 aliphatic carbocycles. The number of hydrogen-bond acceptors (Lipinski definition) is 5. The van der Waals surface area contributed by atoms with E-state index in [1.165, 1.54) is 11.6 Å². The quantitative estimate of drug-likeness (QED) is 0.671. The van der Waals surface area contributed by atoms with Gasteiger partial charge in [0.2, 0.25) is 5.91 Å². The second-order valence-electron chi connectivity index (χ2n) is 9.54. The molecule has 0 spiro atoms. The zero-order chi connectivity index (χ0) is 24.3. The molecule has 1 aliphatic heterocycles. The van der Waals surface area contributed by atoms with E-state index in [0.717, 1.165) is 30.2 Å². The number of ether oxygens (including phenoxy) is 1. The molecule has 1 aromatic carbocycles. The minimum atomic E-state index is -0.763. The molecule has 9 nitrogen and oxygen atoms in total. The Morgan fingerprint density at radius 1 is 1.24 bits per heavy atom. The van der Waals surface area contributed by atoms with Crippen LogP contribution in [-0.2, 0) is 21.4 Å². The number of likely N-dealkylation sites (tertiary alicyclic amines) is 1. The van der Waals surface area contributed by atoms with Crippen molar-refractivity contribution in [2.45, 2.75) is 64.0 Å². The van der Waals surface area contributed by atoms with Crippen molar-refractivity contribution in [1.29, 1.82) is 0 Å². The van der Waals surface area contributed by atoms with Gasteiger partial charge < -0.3 is 19.7 Å². The number of amides is 2. The minimum Gasteiger partial charge on any atom is -0.444 e. The maximum absolute atomic E-state index is 13.2. The molecule has 1 unspecified atom stereocenters. The van der Waals surface area contributed by atoms with E-state index in [0.29, 0.717) is 18.6 Å². The zero-order valence-electron chi connectivity index (χ0n) is 20.1. The highest BCUT2D eigenvalue weighted by atomic mass is 16.6. The standard InChI is InChI=1S/C24H34N4O5/c1-24(2,3)33-23(32)27-13-11-16(12-14-27)17-8-6-9-18-20(17)26(5)22(31)28(18)19(10-7-15-29)21(30)25-4/h6,8-9,15-16,19H,7,10-14H2,1-5H3,(H,25,30). The number of piperidine rings is 1. The van der Waals surface area contributed by atoms with Gasteiger partial charge in [-0.1, -0.05) is 12.1 Å². The molecule has 0 bridgehead atoms. The summed E-state index contributed by atoms with van der Waals surface area (Å²) in [6.07, 6.45) is 2.39. The van der Waals surface area contributed by atoms with E-state index in [2.05, 4.69) is 5.32 Å². The van der Waals surface area contributed by atoms with Gasteiger partial charge in [-0.15, -0.1) is 0 Å². The van der Waals surface area contributed by atoms with Gasteiger partial charge >= 0.3 is 11.8 Å². The summed E-state index contributed by atoms with van der Waals surface area (Å²) in [5, 5.41) is 2.61. The Kier molecular flexibility index (Phi) is 7.29. The van der Waals surface area contributed by atoms with Gasteiger partial charge in [0.25, 0.3) is 0 Å². The first-order valence-corrected chi connectivity index (χ1v) is 11.4. The number of hydrogen-bond donors (Lipinski definition) is 1. The zero-order valence-corrected chi connectivity index (χ0v) is 20.1. The number of carbonyl (C=O) groups excluding carboxylic acids is 3. The van der Waals surface area contributed by atoms with E-state index >= 15 is 0 Å². The fraction of sp³-hybridized carbons (Fsp3) is 0.583. The van der Waals surface area contributed by atoms with Crippen LogP contribution in [0.4, 0.5) is 4.79 Å². The molecular weight excluding hydrogens is 424 g/mol. The molecule has 1 aliphatic rings. The van der Waals surface area contributed by atoms with Gasteiger partial charge in [0.05, 0.1) is 11.0 Å². The van der Waals surface area contributed by atoms with E-state index in [-0.39, 0.29) is 36.4 Å². The van der Waals surface area contributed by atoms with Crippen LogP contribution in [0.25, 0.3) is 11.0 Å². The third-order valence-corrected chi connectivity index (χ3v) is 6.14. The summed E-state index contributed by atoms with van der Waals surface area (Å²) in [4.78, 5) is 50.9. The summed E-state index contributed by atoms with van der Waals surface area (Å²) >= 11 is 0. The van der Waals surface area contributed by atoms with Gasteiger partial charge in [-0.25, -0.2) is 9.59 Å². The fourth-order valence-corrected chi connectivity index (χ4v) is 4.57. The van der Waals surface area contributed by atoms with Crippen LogP contribution in [0, 0.1) is 0 Å². The molecule has 1 N–H and O–H groups in total. The van der Waals surface area contributed by atoms with Crippen LogP contribution < -0.4 is 11.0 Å². The van der Waals surface area contributed by atoms with Crippen molar-refractivity contribution in [1.82, 2.24) is 19.4 Å². The summed E-state index contributed by atoms with van der Waals surface area (Å²) in [6, 6.07) is 4.99. The highest BCUT2D eigenvalue weighted by molar-refractivity contribution is 5.86. The lowest BCUT2D eigenvalue weighted by Crippen LogP contribution is -2.41. The average molecular weight is 459 g/mol. The Hall–Kier alpha value is -3.10. The van der Waals surface area contributed by atoms with Crippen molar-refractivity contribution < 1.29 is 19.1 Å². The Morgan fingerprint density at radius 2 is 1.91 bits per heavy atom. The highest BCUT2D eigenvalue weighted by Crippen LogP contribution is 2.34. The average Bonchev–Trinajstić information content (AvgIpc) is 3.03. The molecule has 1 atom stereocenters. The van der Waals surface area contributed by atoms with Crippen molar-refractivity contribution in [3.63, 3.8) is 0 Å². The number of fused-ring (bicyclic) bond motifs is 1. The normalized spacial score (nSPS) is 16.0. The predicted molar refractivity (Wildman–Crippen MR) is 125 cm³/mol. The lowest BCUT2D eigenvalue weighted by atomic mass is 9.88. The van der Waals surface area contributed by atoms with Crippen LogP contribution in [0.5, 0.6) is 0 Å². The van der Waals surface area contributed by atoms with Crippen LogP contribution in [0.15, 0.2) is 23.0 Å². The van der Waals surface area contributed by atoms with Crippen LogP contribution in [0.3, 0.4) is 0 Å². The SMILES string of the molecule is CNC(=O)C(CCC=O)n1c(=O)n(C)c2c(C3CCN(C(=O)OC(C)(C)C)CC3)cccc21. The number of aromatic nitrogens is 2. The monoisotopic (exact) mass is 458 g/mol. The van der Waals surface area contributed by atoms with E-state index in [1.54, 1.807) is 16.5 Å². The first-order chi connectivity index (χ1) is 15.6. The molecule has 2 heterocycles. The van der Waals surface area contributed by atoms with Gasteiger partial charge in [-0.05, 0) is 57.6 Å². The molecule has 2 amide bonds. The largest absolute Gasteiger partial charge is 0.444 e. The summed E-state index contributed by atoms with van der Waals surface area (Å²) in [5.41, 5.74) is 1.67. The van der Waals surface area contributed by atoms with E-state index < -0.39 is 11.6 Å². The smallest absolute Gasteiger partial charge is 0.410 e. The van der Waals surface area contributed by atoms with Crippen molar-refractivity contribution in [2.24, 2.45) is 7.05 Å². The summed E-state index contributed by atoms with van der Waals surface area (Å²) in [5.74, 6) is -0.134. The second-order valence-corrected chi connectivity index (χ2v) is 9.54. The van der Waals surface area contributed by atoms with Crippen molar-refractivity contribution in [2.75, 3.05) is 20.1 Å². The maximum atomic E-state index is 13.2. The number of carbonyl (C=O) groups is 3. The summed E-state index contributed by atoms with van der Waals surface area (Å²) < 4.78 is 8.58. The highest BCUT2D eigenvalue weighted by Gasteiger charge is 2.30. The van der Waals surface area contributed by atoms with Gasteiger partial charge in [0.15, 0.2) is 0 Å². The summed E-state index contributed by atoms with van der Waals surface area (Å²) in [7, 11) is 3.23. The number of likely N-dealkylation sites (N-methyl/N-ethyl adjacent to an activating group) is 1. The molecule has 0 radical (unpaired) electrons. The van der Waals surface area contributed by atoms with Gasteiger partial charge in [-0.2, -0.15) is 0 Å². The minimum absolute atomic E-state index is 0.169. The number of para-hydroxylation sites is 1. The van der Waals surface area contributed by atoms with E-state index in [4.69, 9.17) is 4.74 Å². The predicted octanol–water partition coefficient (Wildman–Crippen LogP) is 2.72. The van der Waals surface area contributed by atoms with Crippen molar-refractivity contribution in [3.8, 4) is 0 Å². The number of rotatable bonds is 6. The number of aldehydes is 1. The van der Waals surface area contributed by atoms with Gasteiger partial charge in [0.1, 0.15) is 17.9 Å². The van der Waals surface area contributed by atoms with Crippen molar-refractivity contribution in [3.05, 3.63) is 34.2 Å². The maximum Gasteiger partial charge on any atom is 0.410 e. The van der Waals surface area contributed by atoms with Crippen LogP contribution in [-0.4, -0.2) is 58.1 Å². The molecule has 180 valence electrons. The third-order valence-electron chi connectivity index (χ3n) is 6.14. The second kappa shape index (κ2) is 9.80. The molecule has 1 fully saturated rings. The Balaban J connectivity index is 1.93. The molecule has 33 heavy (non-hydrogen) atoms. The number of nitrogens with one attached hydrogen (secondary N) is 1. The van der Waals surface area contributed by atoms with Gasteiger partial charge in [0, 0.05) is 33.6 Å². The molecule has 1 aromatic heterocycles. The number of benzene rings is 1.